The third kappa shape index (κ3) is 2.13. The van der Waals surface area contributed by atoms with E-state index in [9.17, 15) is 4.79 Å². The van der Waals surface area contributed by atoms with Crippen LogP contribution in [0.1, 0.15) is 22.3 Å². The maximum absolute atomic E-state index is 11.8. The second-order valence-electron chi connectivity index (χ2n) is 4.47. The lowest BCUT2D eigenvalue weighted by Crippen LogP contribution is -2.37. The van der Waals surface area contributed by atoms with Gasteiger partial charge in [-0.15, -0.1) is 0 Å². The highest BCUT2D eigenvalue weighted by Gasteiger charge is 2.23. The molecular weight excluding hydrogens is 218 g/mol. The van der Waals surface area contributed by atoms with Gasteiger partial charge in [-0.25, -0.2) is 4.79 Å². The number of esters is 1. The maximum atomic E-state index is 11.8. The van der Waals surface area contributed by atoms with Gasteiger partial charge in [0.15, 0.2) is 0 Å². The van der Waals surface area contributed by atoms with E-state index in [0.29, 0.717) is 18.8 Å². The summed E-state index contributed by atoms with van der Waals surface area (Å²) in [5, 5.41) is 3.32. The summed E-state index contributed by atoms with van der Waals surface area (Å²) in [4.78, 5) is 11.8. The van der Waals surface area contributed by atoms with Crippen LogP contribution in [0.15, 0.2) is 18.2 Å². The number of hydrogen-bond donors (Lipinski definition) is 1. The van der Waals surface area contributed by atoms with Crippen molar-refractivity contribution in [2.24, 2.45) is 0 Å². The van der Waals surface area contributed by atoms with Crippen LogP contribution in [-0.2, 0) is 15.9 Å². The van der Waals surface area contributed by atoms with Gasteiger partial charge >= 0.3 is 5.97 Å². The molecule has 4 nitrogen and oxygen atoms in total. The van der Waals surface area contributed by atoms with Crippen LogP contribution in [0.2, 0.25) is 0 Å². The summed E-state index contributed by atoms with van der Waals surface area (Å²) in [5.74, 6) is -0.244. The fraction of sp³-hybridized carbons (Fsp3) is 0.462. The average molecular weight is 233 g/mol. The summed E-state index contributed by atoms with van der Waals surface area (Å²) < 4.78 is 10.3. The van der Waals surface area contributed by atoms with Gasteiger partial charge in [-0.1, -0.05) is 0 Å². The molecule has 0 spiro atoms. The lowest BCUT2D eigenvalue weighted by Gasteiger charge is -2.26. The molecule has 0 radical (unpaired) electrons. The van der Waals surface area contributed by atoms with Crippen molar-refractivity contribution < 1.29 is 14.3 Å². The van der Waals surface area contributed by atoms with E-state index in [1.807, 2.05) is 18.2 Å². The highest BCUT2D eigenvalue weighted by Crippen LogP contribution is 2.23. The van der Waals surface area contributed by atoms with Crippen molar-refractivity contribution in [3.8, 4) is 0 Å². The monoisotopic (exact) mass is 233 g/mol. The molecule has 0 unspecified atom stereocenters. The van der Waals surface area contributed by atoms with Gasteiger partial charge in [-0.3, -0.25) is 0 Å². The number of anilines is 1. The first kappa shape index (κ1) is 10.6. The number of carbonyl (C=O) groups is 1. The molecule has 90 valence electrons. The van der Waals surface area contributed by atoms with Crippen LogP contribution >= 0.6 is 0 Å². The minimum atomic E-state index is -0.244. The molecule has 0 bridgehead atoms. The normalized spacial score (nSPS) is 18.8. The molecule has 2 heterocycles. The zero-order valence-corrected chi connectivity index (χ0v) is 9.57. The largest absolute Gasteiger partial charge is 0.454 e. The molecule has 0 atom stereocenters. The van der Waals surface area contributed by atoms with E-state index in [0.717, 1.165) is 25.1 Å². The Balaban J connectivity index is 1.75. The number of benzene rings is 1. The zero-order chi connectivity index (χ0) is 11.7. The van der Waals surface area contributed by atoms with E-state index >= 15 is 0 Å². The quantitative estimate of drug-likeness (QED) is 0.788. The Morgan fingerprint density at radius 1 is 1.41 bits per heavy atom. The molecule has 0 saturated carbocycles. The Morgan fingerprint density at radius 2 is 2.29 bits per heavy atom. The Bertz CT molecular complexity index is 440. The first-order valence-electron chi connectivity index (χ1n) is 5.98. The number of aryl methyl sites for hydroxylation is 1. The minimum Gasteiger partial charge on any atom is -0.454 e. The second kappa shape index (κ2) is 4.37. The number of fused-ring (bicyclic) bond motifs is 1. The molecule has 3 rings (SSSR count). The van der Waals surface area contributed by atoms with Crippen LogP contribution in [0.5, 0.6) is 0 Å². The predicted molar refractivity (Wildman–Crippen MR) is 63.3 cm³/mol. The third-order valence-electron chi connectivity index (χ3n) is 3.16. The molecule has 0 aliphatic carbocycles. The number of hydrogen-bond acceptors (Lipinski definition) is 4. The van der Waals surface area contributed by atoms with Gasteiger partial charge in [0.2, 0.25) is 0 Å². The van der Waals surface area contributed by atoms with Crippen LogP contribution in [0.4, 0.5) is 5.69 Å². The molecule has 2 aliphatic heterocycles. The predicted octanol–water partition coefficient (Wildman–Crippen LogP) is 1.60. The summed E-state index contributed by atoms with van der Waals surface area (Å²) in [6.07, 6.45) is 2.08. The van der Waals surface area contributed by atoms with Gasteiger partial charge in [-0.05, 0) is 36.6 Å². The number of ether oxygens (including phenoxy) is 2. The molecular formula is C13H15NO3. The molecule has 0 aromatic heterocycles. The topological polar surface area (TPSA) is 47.6 Å². The van der Waals surface area contributed by atoms with Crippen molar-refractivity contribution in [3.05, 3.63) is 29.3 Å². The van der Waals surface area contributed by atoms with Gasteiger partial charge in [0.1, 0.15) is 6.10 Å². The van der Waals surface area contributed by atoms with Crippen LogP contribution in [0.25, 0.3) is 0 Å². The second-order valence-corrected chi connectivity index (χ2v) is 4.47. The smallest absolute Gasteiger partial charge is 0.338 e. The van der Waals surface area contributed by atoms with Crippen LogP contribution in [0, 0.1) is 0 Å². The van der Waals surface area contributed by atoms with Crippen molar-refractivity contribution in [1.82, 2.24) is 0 Å². The Hall–Kier alpha value is -1.55. The minimum absolute atomic E-state index is 0.0587. The molecule has 1 saturated heterocycles. The van der Waals surface area contributed by atoms with E-state index in [4.69, 9.17) is 9.47 Å². The van der Waals surface area contributed by atoms with Crippen LogP contribution < -0.4 is 5.32 Å². The van der Waals surface area contributed by atoms with Crippen molar-refractivity contribution in [3.63, 3.8) is 0 Å². The van der Waals surface area contributed by atoms with Crippen molar-refractivity contribution in [1.29, 1.82) is 0 Å². The summed E-state index contributed by atoms with van der Waals surface area (Å²) >= 11 is 0. The summed E-state index contributed by atoms with van der Waals surface area (Å²) in [7, 11) is 0. The molecule has 17 heavy (non-hydrogen) atoms. The molecule has 1 aromatic carbocycles. The molecule has 1 aromatic rings. The first-order valence-corrected chi connectivity index (χ1v) is 5.98. The standard InChI is InChI=1S/C13H15NO3/c15-13(17-11-7-16-8-11)10-3-4-12-9(6-10)2-1-5-14-12/h3-4,6,11,14H,1-2,5,7-8H2. The number of carbonyl (C=O) groups excluding carboxylic acids is 1. The maximum Gasteiger partial charge on any atom is 0.338 e. The highest BCUT2D eigenvalue weighted by atomic mass is 16.6. The summed E-state index contributed by atoms with van der Waals surface area (Å²) in [6.45, 7) is 2.06. The Kier molecular flexibility index (Phi) is 2.73. The highest BCUT2D eigenvalue weighted by molar-refractivity contribution is 5.90. The van der Waals surface area contributed by atoms with Crippen LogP contribution in [0.3, 0.4) is 0 Å². The molecule has 0 amide bonds. The summed E-state index contributed by atoms with van der Waals surface area (Å²) in [6, 6.07) is 5.71. The number of nitrogens with one attached hydrogen (secondary N) is 1. The molecule has 1 N–H and O–H groups in total. The fourth-order valence-corrected chi connectivity index (χ4v) is 2.10. The van der Waals surface area contributed by atoms with Gasteiger partial charge < -0.3 is 14.8 Å². The Morgan fingerprint density at radius 3 is 3.06 bits per heavy atom. The lowest BCUT2D eigenvalue weighted by atomic mass is 10.0. The van der Waals surface area contributed by atoms with Gasteiger partial charge in [-0.2, -0.15) is 0 Å². The number of rotatable bonds is 2. The molecule has 1 fully saturated rings. The first-order chi connectivity index (χ1) is 8.33. The van der Waals surface area contributed by atoms with E-state index < -0.39 is 0 Å². The molecule has 4 heteroatoms. The van der Waals surface area contributed by atoms with E-state index in [1.54, 1.807) is 0 Å². The van der Waals surface area contributed by atoms with Crippen molar-refractivity contribution in [2.75, 3.05) is 25.1 Å². The zero-order valence-electron chi connectivity index (χ0n) is 9.57. The third-order valence-corrected chi connectivity index (χ3v) is 3.16. The molecule has 2 aliphatic rings. The van der Waals surface area contributed by atoms with Crippen molar-refractivity contribution >= 4 is 11.7 Å². The van der Waals surface area contributed by atoms with Crippen LogP contribution in [-0.4, -0.2) is 31.8 Å². The average Bonchev–Trinajstić information content (AvgIpc) is 2.33. The van der Waals surface area contributed by atoms with E-state index in [1.165, 1.54) is 5.56 Å². The lowest BCUT2D eigenvalue weighted by molar-refractivity contribution is -0.103. The fourth-order valence-electron chi connectivity index (χ4n) is 2.10. The Labute approximate surface area is 99.9 Å². The van der Waals surface area contributed by atoms with Crippen molar-refractivity contribution in [2.45, 2.75) is 18.9 Å². The van der Waals surface area contributed by atoms with Gasteiger partial charge in [0.25, 0.3) is 0 Å². The van der Waals surface area contributed by atoms with E-state index in [-0.39, 0.29) is 12.1 Å². The van der Waals surface area contributed by atoms with E-state index in [2.05, 4.69) is 5.32 Å². The SMILES string of the molecule is O=C(OC1COC1)c1ccc2c(c1)CCCN2. The van der Waals surface area contributed by atoms with Gasteiger partial charge in [0, 0.05) is 12.2 Å². The van der Waals surface area contributed by atoms with Gasteiger partial charge in [0.05, 0.1) is 18.8 Å². The summed E-state index contributed by atoms with van der Waals surface area (Å²) in [5.41, 5.74) is 2.98.